The van der Waals surface area contributed by atoms with Crippen LogP contribution in [0.1, 0.15) is 22.5 Å². The topological polar surface area (TPSA) is 46.3 Å². The Labute approximate surface area is 127 Å². The van der Waals surface area contributed by atoms with Crippen molar-refractivity contribution in [2.75, 3.05) is 13.1 Å². The van der Waals surface area contributed by atoms with Crippen molar-refractivity contribution in [3.63, 3.8) is 0 Å². The van der Waals surface area contributed by atoms with Crippen molar-refractivity contribution in [3.8, 4) is 0 Å². The number of piperidine rings is 1. The van der Waals surface area contributed by atoms with E-state index in [1.807, 2.05) is 29.2 Å². The van der Waals surface area contributed by atoms with Gasteiger partial charge in [-0.3, -0.25) is 4.79 Å². The number of amides is 1. The summed E-state index contributed by atoms with van der Waals surface area (Å²) in [6, 6.07) is 10.1. The fourth-order valence-corrected chi connectivity index (χ4v) is 3.88. The summed E-state index contributed by atoms with van der Waals surface area (Å²) in [5, 5.41) is 1.14. The highest BCUT2D eigenvalue weighted by Gasteiger charge is 2.25. The monoisotopic (exact) mass is 304 g/mol. The number of carbonyl (C=O) groups excluding carboxylic acids is 1. The number of nitrogens with zero attached hydrogens (tertiary/aromatic N) is 1. The Kier molecular flexibility index (Phi) is 3.72. The van der Waals surface area contributed by atoms with Crippen LogP contribution in [0.4, 0.5) is 0 Å². The number of benzene rings is 1. The molecule has 104 valence electrons. The molecule has 1 aliphatic heterocycles. The van der Waals surface area contributed by atoms with Gasteiger partial charge in [0, 0.05) is 23.7 Å². The molecule has 0 atom stereocenters. The molecule has 3 nitrogen and oxygen atoms in total. The van der Waals surface area contributed by atoms with Crippen molar-refractivity contribution in [2.24, 2.45) is 11.7 Å². The minimum atomic E-state index is 0.132. The van der Waals surface area contributed by atoms with Crippen molar-refractivity contribution >= 4 is 44.5 Å². The molecule has 1 aromatic carbocycles. The lowest BCUT2D eigenvalue weighted by molar-refractivity contribution is 0.0715. The minimum absolute atomic E-state index is 0.132. The van der Waals surface area contributed by atoms with Gasteiger partial charge in [-0.15, -0.1) is 11.3 Å². The first-order chi connectivity index (χ1) is 9.65. The van der Waals surface area contributed by atoms with Crippen LogP contribution < -0.4 is 5.73 Å². The van der Waals surface area contributed by atoms with Crippen LogP contribution in [0.3, 0.4) is 0 Å². The Morgan fingerprint density at radius 1 is 1.30 bits per heavy atom. The molecule has 0 bridgehead atoms. The first-order valence-corrected chi connectivity index (χ1v) is 7.95. The molecule has 1 aliphatic rings. The van der Waals surface area contributed by atoms with E-state index in [1.54, 1.807) is 11.3 Å². The highest BCUT2D eigenvalue weighted by Crippen LogP contribution is 2.27. The van der Waals surface area contributed by atoms with Crippen molar-refractivity contribution < 1.29 is 4.79 Å². The maximum absolute atomic E-state index is 12.5. The zero-order valence-electron chi connectivity index (χ0n) is 11.0. The van der Waals surface area contributed by atoms with E-state index in [0.29, 0.717) is 4.99 Å². The zero-order chi connectivity index (χ0) is 14.1. The van der Waals surface area contributed by atoms with E-state index >= 15 is 0 Å². The molecule has 0 saturated carbocycles. The average Bonchev–Trinajstić information content (AvgIpc) is 2.90. The van der Waals surface area contributed by atoms with Crippen LogP contribution >= 0.6 is 23.6 Å². The molecule has 5 heteroatoms. The third-order valence-corrected chi connectivity index (χ3v) is 5.26. The second-order valence-electron chi connectivity index (χ2n) is 5.12. The van der Waals surface area contributed by atoms with Gasteiger partial charge in [0.25, 0.3) is 5.91 Å². The molecular weight excluding hydrogens is 288 g/mol. The highest BCUT2D eigenvalue weighted by molar-refractivity contribution is 7.80. The number of rotatable bonds is 2. The summed E-state index contributed by atoms with van der Waals surface area (Å²) in [4.78, 5) is 15.8. The number of thiophene rings is 1. The Hall–Kier alpha value is -1.46. The highest BCUT2D eigenvalue weighted by atomic mass is 32.1. The van der Waals surface area contributed by atoms with E-state index in [9.17, 15) is 4.79 Å². The molecule has 0 aliphatic carbocycles. The van der Waals surface area contributed by atoms with Crippen molar-refractivity contribution in [2.45, 2.75) is 12.8 Å². The van der Waals surface area contributed by atoms with Gasteiger partial charge in [-0.1, -0.05) is 30.4 Å². The van der Waals surface area contributed by atoms with Crippen LogP contribution in [-0.2, 0) is 0 Å². The Morgan fingerprint density at radius 3 is 2.65 bits per heavy atom. The van der Waals surface area contributed by atoms with Crippen molar-refractivity contribution in [3.05, 3.63) is 35.2 Å². The Balaban J connectivity index is 1.75. The molecule has 2 aromatic rings. The van der Waals surface area contributed by atoms with Crippen molar-refractivity contribution in [1.82, 2.24) is 4.90 Å². The molecule has 0 radical (unpaired) electrons. The average molecular weight is 304 g/mol. The van der Waals surface area contributed by atoms with Gasteiger partial charge in [0.1, 0.15) is 0 Å². The summed E-state index contributed by atoms with van der Waals surface area (Å²) in [5.41, 5.74) is 5.68. The lowest BCUT2D eigenvalue weighted by atomic mass is 9.97. The molecule has 0 spiro atoms. The molecule has 1 amide bonds. The minimum Gasteiger partial charge on any atom is -0.393 e. The second-order valence-corrected chi connectivity index (χ2v) is 6.67. The largest absolute Gasteiger partial charge is 0.393 e. The standard InChI is InChI=1S/C15H16N2OS2/c16-14(19)10-5-7-17(8-6-10)15(18)13-9-11-3-1-2-4-12(11)20-13/h1-4,9-10H,5-8H2,(H2,16,19). The fourth-order valence-electron chi connectivity index (χ4n) is 2.61. The molecule has 1 fully saturated rings. The van der Waals surface area contributed by atoms with Gasteiger partial charge in [-0.2, -0.15) is 0 Å². The summed E-state index contributed by atoms with van der Waals surface area (Å²) >= 11 is 6.60. The van der Waals surface area contributed by atoms with Crippen LogP contribution in [0.2, 0.25) is 0 Å². The molecule has 2 heterocycles. The normalized spacial score (nSPS) is 16.5. The van der Waals surface area contributed by atoms with Crippen LogP contribution in [-0.4, -0.2) is 28.9 Å². The maximum atomic E-state index is 12.5. The number of hydrogen-bond acceptors (Lipinski definition) is 3. The number of thiocarbonyl (C=S) groups is 1. The third kappa shape index (κ3) is 2.55. The lowest BCUT2D eigenvalue weighted by Crippen LogP contribution is -2.41. The van der Waals surface area contributed by atoms with E-state index in [4.69, 9.17) is 18.0 Å². The van der Waals surface area contributed by atoms with E-state index < -0.39 is 0 Å². The van der Waals surface area contributed by atoms with Crippen LogP contribution in [0.25, 0.3) is 10.1 Å². The van der Waals surface area contributed by atoms with Gasteiger partial charge in [-0.05, 0) is 30.4 Å². The smallest absolute Gasteiger partial charge is 0.263 e. The van der Waals surface area contributed by atoms with Crippen molar-refractivity contribution in [1.29, 1.82) is 0 Å². The van der Waals surface area contributed by atoms with Gasteiger partial charge < -0.3 is 10.6 Å². The molecule has 1 saturated heterocycles. The van der Waals surface area contributed by atoms with Gasteiger partial charge >= 0.3 is 0 Å². The third-order valence-electron chi connectivity index (χ3n) is 3.82. The number of carbonyl (C=O) groups is 1. The summed E-state index contributed by atoms with van der Waals surface area (Å²) in [6.45, 7) is 1.49. The molecule has 2 N–H and O–H groups in total. The van der Waals surface area contributed by atoms with Crippen LogP contribution in [0, 0.1) is 5.92 Å². The number of nitrogens with two attached hydrogens (primary N) is 1. The zero-order valence-corrected chi connectivity index (χ0v) is 12.7. The molecular formula is C15H16N2OS2. The molecule has 20 heavy (non-hydrogen) atoms. The van der Waals surface area contributed by atoms with Crippen LogP contribution in [0.15, 0.2) is 30.3 Å². The summed E-state index contributed by atoms with van der Waals surface area (Å²) in [5.74, 6) is 0.420. The maximum Gasteiger partial charge on any atom is 0.263 e. The predicted octanol–water partition coefficient (Wildman–Crippen LogP) is 3.04. The first-order valence-electron chi connectivity index (χ1n) is 6.72. The Bertz CT molecular complexity index is 624. The van der Waals surface area contributed by atoms with Crippen LogP contribution in [0.5, 0.6) is 0 Å². The van der Waals surface area contributed by atoms with Gasteiger partial charge in [0.2, 0.25) is 0 Å². The summed E-state index contributed by atoms with van der Waals surface area (Å²) in [7, 11) is 0. The number of fused-ring (bicyclic) bond motifs is 1. The summed E-state index contributed by atoms with van der Waals surface area (Å²) < 4.78 is 1.16. The predicted molar refractivity (Wildman–Crippen MR) is 87.2 cm³/mol. The quantitative estimate of drug-likeness (QED) is 0.868. The lowest BCUT2D eigenvalue weighted by Gasteiger charge is -2.31. The Morgan fingerprint density at radius 2 is 2.00 bits per heavy atom. The van der Waals surface area contributed by atoms with E-state index in [1.165, 1.54) is 0 Å². The van der Waals surface area contributed by atoms with E-state index in [2.05, 4.69) is 6.07 Å². The van der Waals surface area contributed by atoms with Gasteiger partial charge in [0.15, 0.2) is 0 Å². The molecule has 0 unspecified atom stereocenters. The van der Waals surface area contributed by atoms with E-state index in [-0.39, 0.29) is 11.8 Å². The summed E-state index contributed by atoms with van der Waals surface area (Å²) in [6.07, 6.45) is 1.76. The van der Waals surface area contributed by atoms with Gasteiger partial charge in [-0.25, -0.2) is 0 Å². The molecule has 3 rings (SSSR count). The number of hydrogen-bond donors (Lipinski definition) is 1. The number of likely N-dealkylation sites (tertiary alicyclic amines) is 1. The van der Waals surface area contributed by atoms with Gasteiger partial charge in [0.05, 0.1) is 9.87 Å². The first kappa shape index (κ1) is 13.5. The van der Waals surface area contributed by atoms with E-state index in [0.717, 1.165) is 40.9 Å². The molecule has 1 aromatic heterocycles. The fraction of sp³-hybridized carbons (Fsp3) is 0.333. The second kappa shape index (κ2) is 5.50. The SMILES string of the molecule is NC(=S)C1CCN(C(=O)c2cc3ccccc3s2)CC1.